The molecule has 22 heavy (non-hydrogen) atoms. The van der Waals surface area contributed by atoms with E-state index in [1.807, 2.05) is 30.3 Å². The van der Waals surface area contributed by atoms with Crippen LogP contribution in [0.5, 0.6) is 17.2 Å². The number of rotatable bonds is 5. The van der Waals surface area contributed by atoms with Crippen molar-refractivity contribution in [2.75, 3.05) is 0 Å². The lowest BCUT2D eigenvalue weighted by Gasteiger charge is -2.03. The number of carbonyl (C=O) groups excluding carboxylic acids is 1. The summed E-state index contributed by atoms with van der Waals surface area (Å²) in [6, 6.07) is 12.2. The molecule has 0 atom stereocenters. The van der Waals surface area contributed by atoms with Crippen LogP contribution in [0, 0.1) is 0 Å². The Morgan fingerprint density at radius 2 is 1.77 bits per heavy atom. The van der Waals surface area contributed by atoms with Crippen LogP contribution in [0.3, 0.4) is 0 Å². The summed E-state index contributed by atoms with van der Waals surface area (Å²) in [5.41, 5.74) is 3.58. The first kappa shape index (κ1) is 15.4. The van der Waals surface area contributed by atoms with E-state index in [1.54, 1.807) is 0 Å². The minimum absolute atomic E-state index is 0.179. The molecule has 6 nitrogen and oxygen atoms in total. The first-order valence-corrected chi connectivity index (χ1v) is 6.67. The number of phenols is 3. The van der Waals surface area contributed by atoms with Crippen molar-refractivity contribution in [2.24, 2.45) is 5.10 Å². The number of aromatic hydroxyl groups is 3. The molecular weight excluding hydrogens is 284 g/mol. The Labute approximate surface area is 127 Å². The van der Waals surface area contributed by atoms with Gasteiger partial charge in [0.15, 0.2) is 11.5 Å². The van der Waals surface area contributed by atoms with E-state index in [0.29, 0.717) is 6.42 Å². The van der Waals surface area contributed by atoms with Gasteiger partial charge in [-0.1, -0.05) is 30.3 Å². The van der Waals surface area contributed by atoms with Crippen LogP contribution >= 0.6 is 0 Å². The lowest BCUT2D eigenvalue weighted by atomic mass is 10.1. The average Bonchev–Trinajstić information content (AvgIpc) is 2.54. The van der Waals surface area contributed by atoms with E-state index in [4.69, 9.17) is 0 Å². The van der Waals surface area contributed by atoms with E-state index in [1.165, 1.54) is 18.3 Å². The highest BCUT2D eigenvalue weighted by atomic mass is 16.3. The quantitative estimate of drug-likeness (QED) is 0.384. The molecule has 0 aromatic heterocycles. The summed E-state index contributed by atoms with van der Waals surface area (Å²) < 4.78 is 0. The molecule has 0 saturated carbocycles. The van der Waals surface area contributed by atoms with Gasteiger partial charge < -0.3 is 15.3 Å². The highest BCUT2D eigenvalue weighted by molar-refractivity contribution is 5.86. The van der Waals surface area contributed by atoms with E-state index >= 15 is 0 Å². The fourth-order valence-electron chi connectivity index (χ4n) is 1.82. The maximum atomic E-state index is 11.6. The van der Waals surface area contributed by atoms with Crippen LogP contribution in [0.1, 0.15) is 17.5 Å². The van der Waals surface area contributed by atoms with Gasteiger partial charge >= 0.3 is 0 Å². The van der Waals surface area contributed by atoms with Crippen LogP contribution in [-0.4, -0.2) is 27.4 Å². The second kappa shape index (κ2) is 7.12. The average molecular weight is 300 g/mol. The van der Waals surface area contributed by atoms with Crippen molar-refractivity contribution in [1.29, 1.82) is 0 Å². The summed E-state index contributed by atoms with van der Waals surface area (Å²) in [5.74, 6) is -1.81. The fourth-order valence-corrected chi connectivity index (χ4v) is 1.82. The smallest absolute Gasteiger partial charge is 0.240 e. The third-order valence-electron chi connectivity index (χ3n) is 3.04. The number of nitrogens with one attached hydrogen (secondary N) is 1. The molecule has 4 N–H and O–H groups in total. The molecule has 0 aliphatic carbocycles. The first-order valence-electron chi connectivity index (χ1n) is 6.67. The molecule has 0 aliphatic heterocycles. The third-order valence-corrected chi connectivity index (χ3v) is 3.04. The van der Waals surface area contributed by atoms with Crippen LogP contribution in [0.25, 0.3) is 0 Å². The van der Waals surface area contributed by atoms with Crippen molar-refractivity contribution >= 4 is 12.1 Å². The topological polar surface area (TPSA) is 102 Å². The summed E-state index contributed by atoms with van der Waals surface area (Å²) >= 11 is 0. The van der Waals surface area contributed by atoms with Gasteiger partial charge in [0.05, 0.1) is 6.21 Å². The number of benzene rings is 2. The molecule has 0 spiro atoms. The van der Waals surface area contributed by atoms with Crippen molar-refractivity contribution in [3.8, 4) is 17.2 Å². The van der Waals surface area contributed by atoms with E-state index < -0.39 is 17.2 Å². The van der Waals surface area contributed by atoms with Gasteiger partial charge in [-0.25, -0.2) is 5.43 Å². The molecule has 2 rings (SSSR count). The first-order chi connectivity index (χ1) is 10.6. The Morgan fingerprint density at radius 1 is 1.05 bits per heavy atom. The van der Waals surface area contributed by atoms with Crippen molar-refractivity contribution in [1.82, 2.24) is 5.43 Å². The Hall–Kier alpha value is -3.02. The van der Waals surface area contributed by atoms with Gasteiger partial charge in [0.1, 0.15) is 0 Å². The molecule has 0 radical (unpaired) electrons. The molecule has 0 unspecified atom stereocenters. The Balaban J connectivity index is 1.87. The van der Waals surface area contributed by atoms with Crippen molar-refractivity contribution in [3.05, 3.63) is 53.6 Å². The predicted molar refractivity (Wildman–Crippen MR) is 81.9 cm³/mol. The highest BCUT2D eigenvalue weighted by Crippen LogP contribution is 2.36. The molecular formula is C16H16N2O4. The molecule has 114 valence electrons. The monoisotopic (exact) mass is 300 g/mol. The van der Waals surface area contributed by atoms with Crippen LogP contribution in [0.2, 0.25) is 0 Å². The zero-order chi connectivity index (χ0) is 15.9. The molecule has 0 fully saturated rings. The molecule has 0 heterocycles. The van der Waals surface area contributed by atoms with E-state index in [9.17, 15) is 20.1 Å². The third kappa shape index (κ3) is 3.99. The van der Waals surface area contributed by atoms with Gasteiger partial charge in [0.25, 0.3) is 0 Å². The second-order valence-electron chi connectivity index (χ2n) is 4.65. The van der Waals surface area contributed by atoms with Gasteiger partial charge in [0, 0.05) is 12.0 Å². The number of carbonyl (C=O) groups is 1. The van der Waals surface area contributed by atoms with Crippen molar-refractivity contribution in [2.45, 2.75) is 12.8 Å². The number of hydrogen-bond donors (Lipinski definition) is 4. The molecule has 2 aromatic rings. The van der Waals surface area contributed by atoms with Crippen molar-refractivity contribution < 1.29 is 20.1 Å². The Bertz CT molecular complexity index is 684. The number of hydrogen-bond acceptors (Lipinski definition) is 5. The van der Waals surface area contributed by atoms with Crippen molar-refractivity contribution in [3.63, 3.8) is 0 Å². The number of phenolic OH excluding ortho intramolecular Hbond substituents is 3. The maximum absolute atomic E-state index is 11.6. The number of amides is 1. The lowest BCUT2D eigenvalue weighted by Crippen LogP contribution is -2.17. The Kier molecular flexibility index (Phi) is 4.98. The van der Waals surface area contributed by atoms with Gasteiger partial charge in [-0.2, -0.15) is 5.10 Å². The molecule has 6 heteroatoms. The lowest BCUT2D eigenvalue weighted by molar-refractivity contribution is -0.121. The van der Waals surface area contributed by atoms with Crippen LogP contribution in [-0.2, 0) is 11.2 Å². The molecule has 0 saturated heterocycles. The molecule has 1 amide bonds. The number of nitrogens with zero attached hydrogens (tertiary/aromatic N) is 1. The van der Waals surface area contributed by atoms with Gasteiger partial charge in [0.2, 0.25) is 11.7 Å². The largest absolute Gasteiger partial charge is 0.504 e. The summed E-state index contributed by atoms with van der Waals surface area (Å²) in [6.45, 7) is 0. The SMILES string of the molecule is O=C(CCc1ccccc1)N/N=C/c1ccc(O)c(O)c1O. The van der Waals surface area contributed by atoms with Crippen LogP contribution < -0.4 is 5.43 Å². The summed E-state index contributed by atoms with van der Waals surface area (Å²) in [5, 5.41) is 31.8. The van der Waals surface area contributed by atoms with Crippen LogP contribution in [0.4, 0.5) is 0 Å². The maximum Gasteiger partial charge on any atom is 0.240 e. The number of hydrazone groups is 1. The molecule has 2 aromatic carbocycles. The van der Waals surface area contributed by atoms with Gasteiger partial charge in [-0.15, -0.1) is 0 Å². The zero-order valence-corrected chi connectivity index (χ0v) is 11.7. The predicted octanol–water partition coefficient (Wildman–Crippen LogP) is 1.89. The second-order valence-corrected chi connectivity index (χ2v) is 4.65. The minimum atomic E-state index is -0.626. The minimum Gasteiger partial charge on any atom is -0.504 e. The van der Waals surface area contributed by atoms with E-state index in [0.717, 1.165) is 5.56 Å². The van der Waals surface area contributed by atoms with E-state index in [-0.39, 0.29) is 17.9 Å². The zero-order valence-electron chi connectivity index (χ0n) is 11.7. The standard InChI is InChI=1S/C16H16N2O4/c19-13-8-7-12(15(21)16(13)22)10-17-18-14(20)9-6-11-4-2-1-3-5-11/h1-5,7-8,10,19,21-22H,6,9H2,(H,18,20)/b17-10+. The van der Waals surface area contributed by atoms with Gasteiger partial charge in [-0.3, -0.25) is 4.79 Å². The molecule has 0 bridgehead atoms. The highest BCUT2D eigenvalue weighted by Gasteiger charge is 2.09. The fraction of sp³-hybridized carbons (Fsp3) is 0.125. The summed E-state index contributed by atoms with van der Waals surface area (Å²) in [7, 11) is 0. The number of aryl methyl sites for hydroxylation is 1. The van der Waals surface area contributed by atoms with E-state index in [2.05, 4.69) is 10.5 Å². The Morgan fingerprint density at radius 3 is 2.50 bits per heavy atom. The summed E-state index contributed by atoms with van der Waals surface area (Å²) in [4.78, 5) is 11.6. The van der Waals surface area contributed by atoms with Gasteiger partial charge in [-0.05, 0) is 24.1 Å². The normalized spacial score (nSPS) is 10.7. The molecule has 0 aliphatic rings. The van der Waals surface area contributed by atoms with Crippen LogP contribution in [0.15, 0.2) is 47.6 Å². The summed E-state index contributed by atoms with van der Waals surface area (Å²) in [6.07, 6.45) is 2.08.